The molecule has 0 saturated heterocycles. The average molecular weight is 263 g/mol. The molecule has 1 fully saturated rings. The van der Waals surface area contributed by atoms with Crippen molar-refractivity contribution in [3.05, 3.63) is 18.0 Å². The van der Waals surface area contributed by atoms with Crippen LogP contribution in [0.1, 0.15) is 58.2 Å². The van der Waals surface area contributed by atoms with Crippen LogP contribution in [-0.2, 0) is 6.42 Å². The summed E-state index contributed by atoms with van der Waals surface area (Å²) >= 11 is 0. The molecule has 0 amide bonds. The van der Waals surface area contributed by atoms with Gasteiger partial charge < -0.3 is 5.32 Å². The van der Waals surface area contributed by atoms with Crippen molar-refractivity contribution in [1.29, 1.82) is 0 Å². The van der Waals surface area contributed by atoms with Crippen molar-refractivity contribution in [2.75, 3.05) is 13.6 Å². The van der Waals surface area contributed by atoms with Gasteiger partial charge in [0, 0.05) is 12.7 Å². The second-order valence-corrected chi connectivity index (χ2v) is 6.39. The molecule has 1 aromatic rings. The van der Waals surface area contributed by atoms with Gasteiger partial charge >= 0.3 is 0 Å². The minimum atomic E-state index is 0.377. The lowest BCUT2D eigenvalue weighted by atomic mass is 9.80. The van der Waals surface area contributed by atoms with Gasteiger partial charge in [0.05, 0.1) is 11.7 Å². The van der Waals surface area contributed by atoms with Gasteiger partial charge in [0.1, 0.15) is 0 Å². The van der Waals surface area contributed by atoms with Crippen LogP contribution >= 0.6 is 0 Å². The van der Waals surface area contributed by atoms with Crippen molar-refractivity contribution in [3.8, 4) is 0 Å². The van der Waals surface area contributed by atoms with Crippen molar-refractivity contribution in [1.82, 2.24) is 15.1 Å². The second kappa shape index (κ2) is 6.08. The van der Waals surface area contributed by atoms with Crippen LogP contribution in [0.15, 0.2) is 12.3 Å². The van der Waals surface area contributed by atoms with Crippen molar-refractivity contribution in [2.45, 2.75) is 58.9 Å². The SMILES string of the molecule is CCC(CC)n1ccc(CC(C)(CNC)C2CC2)n1. The third-order valence-corrected chi connectivity index (χ3v) is 4.71. The van der Waals surface area contributed by atoms with Gasteiger partial charge in [-0.3, -0.25) is 4.68 Å². The van der Waals surface area contributed by atoms with Gasteiger partial charge in [-0.1, -0.05) is 20.8 Å². The normalized spacial score (nSPS) is 18.8. The minimum absolute atomic E-state index is 0.377. The molecule has 2 rings (SSSR count). The second-order valence-electron chi connectivity index (χ2n) is 6.39. The van der Waals surface area contributed by atoms with E-state index >= 15 is 0 Å². The van der Waals surface area contributed by atoms with Crippen LogP contribution in [0.25, 0.3) is 0 Å². The molecule has 1 atom stereocenters. The molecule has 0 aromatic carbocycles. The summed E-state index contributed by atoms with van der Waals surface area (Å²) in [6.07, 6.45) is 8.38. The summed E-state index contributed by atoms with van der Waals surface area (Å²) in [5, 5.41) is 8.19. The van der Waals surface area contributed by atoms with Crippen LogP contribution in [0.3, 0.4) is 0 Å². The van der Waals surface area contributed by atoms with E-state index in [4.69, 9.17) is 5.10 Å². The Hall–Kier alpha value is -0.830. The Morgan fingerprint density at radius 3 is 2.63 bits per heavy atom. The zero-order valence-electron chi connectivity index (χ0n) is 12.9. The predicted molar refractivity (Wildman–Crippen MR) is 80.3 cm³/mol. The number of nitrogens with zero attached hydrogens (tertiary/aromatic N) is 2. The molecule has 19 heavy (non-hydrogen) atoms. The fourth-order valence-corrected chi connectivity index (χ4v) is 3.29. The molecule has 1 aliphatic carbocycles. The van der Waals surface area contributed by atoms with Crippen LogP contribution in [0, 0.1) is 11.3 Å². The maximum atomic E-state index is 4.82. The third-order valence-electron chi connectivity index (χ3n) is 4.71. The molecule has 3 nitrogen and oxygen atoms in total. The smallest absolute Gasteiger partial charge is 0.0630 e. The molecule has 0 bridgehead atoms. The van der Waals surface area contributed by atoms with Crippen LogP contribution in [0.2, 0.25) is 0 Å². The molecular weight excluding hydrogens is 234 g/mol. The fourth-order valence-electron chi connectivity index (χ4n) is 3.29. The van der Waals surface area contributed by atoms with Gasteiger partial charge in [-0.05, 0) is 56.6 Å². The largest absolute Gasteiger partial charge is 0.319 e. The molecule has 1 N–H and O–H groups in total. The van der Waals surface area contributed by atoms with E-state index in [1.54, 1.807) is 0 Å². The van der Waals surface area contributed by atoms with E-state index in [0.717, 1.165) is 31.7 Å². The molecule has 0 spiro atoms. The maximum absolute atomic E-state index is 4.82. The molecule has 1 unspecified atom stereocenters. The lowest BCUT2D eigenvalue weighted by molar-refractivity contribution is 0.259. The third kappa shape index (κ3) is 3.38. The average Bonchev–Trinajstić information content (AvgIpc) is 3.15. The van der Waals surface area contributed by atoms with Gasteiger partial charge in [-0.15, -0.1) is 0 Å². The van der Waals surface area contributed by atoms with E-state index in [2.05, 4.69) is 50.1 Å². The molecule has 1 saturated carbocycles. The van der Waals surface area contributed by atoms with E-state index in [0.29, 0.717) is 11.5 Å². The monoisotopic (exact) mass is 263 g/mol. The van der Waals surface area contributed by atoms with E-state index in [1.165, 1.54) is 18.5 Å². The zero-order valence-corrected chi connectivity index (χ0v) is 12.9. The van der Waals surface area contributed by atoms with Crippen molar-refractivity contribution >= 4 is 0 Å². The van der Waals surface area contributed by atoms with E-state index in [1.807, 2.05) is 0 Å². The van der Waals surface area contributed by atoms with Crippen LogP contribution in [0.5, 0.6) is 0 Å². The molecule has 108 valence electrons. The van der Waals surface area contributed by atoms with E-state index in [-0.39, 0.29) is 0 Å². The first-order valence-electron chi connectivity index (χ1n) is 7.81. The lowest BCUT2D eigenvalue weighted by Crippen LogP contribution is -2.34. The van der Waals surface area contributed by atoms with Crippen molar-refractivity contribution in [3.63, 3.8) is 0 Å². The zero-order chi connectivity index (χ0) is 13.9. The minimum Gasteiger partial charge on any atom is -0.319 e. The molecule has 1 aromatic heterocycles. The Bertz CT molecular complexity index is 390. The highest BCUT2D eigenvalue weighted by atomic mass is 15.3. The highest BCUT2D eigenvalue weighted by Gasteiger charge is 2.41. The number of hydrogen-bond acceptors (Lipinski definition) is 2. The summed E-state index contributed by atoms with van der Waals surface area (Å²) < 4.78 is 2.17. The highest BCUT2D eigenvalue weighted by molar-refractivity contribution is 5.07. The predicted octanol–water partition coefficient (Wildman–Crippen LogP) is 3.42. The van der Waals surface area contributed by atoms with Crippen LogP contribution in [0.4, 0.5) is 0 Å². The van der Waals surface area contributed by atoms with Gasteiger partial charge in [-0.2, -0.15) is 5.10 Å². The summed E-state index contributed by atoms with van der Waals surface area (Å²) in [6, 6.07) is 2.78. The quantitative estimate of drug-likeness (QED) is 0.779. The van der Waals surface area contributed by atoms with Crippen molar-refractivity contribution < 1.29 is 0 Å². The Balaban J connectivity index is 2.05. The summed E-state index contributed by atoms with van der Waals surface area (Å²) in [6.45, 7) is 7.99. The standard InChI is InChI=1S/C16H29N3/c1-5-15(6-2)19-10-9-14(18-19)11-16(3,12-17-4)13-7-8-13/h9-10,13,15,17H,5-8,11-12H2,1-4H3. The number of nitrogens with one attached hydrogen (secondary N) is 1. The van der Waals surface area contributed by atoms with Gasteiger partial charge in [0.25, 0.3) is 0 Å². The van der Waals surface area contributed by atoms with E-state index in [9.17, 15) is 0 Å². The molecular formula is C16H29N3. The van der Waals surface area contributed by atoms with Crippen LogP contribution in [-0.4, -0.2) is 23.4 Å². The Labute approximate surface area is 117 Å². The first kappa shape index (κ1) is 14.6. The Morgan fingerprint density at radius 1 is 1.42 bits per heavy atom. The number of hydrogen-bond donors (Lipinski definition) is 1. The van der Waals surface area contributed by atoms with E-state index < -0.39 is 0 Å². The first-order chi connectivity index (χ1) is 9.12. The maximum Gasteiger partial charge on any atom is 0.0630 e. The lowest BCUT2D eigenvalue weighted by Gasteiger charge is -2.28. The van der Waals surface area contributed by atoms with Gasteiger partial charge in [0.15, 0.2) is 0 Å². The fraction of sp³-hybridized carbons (Fsp3) is 0.812. The summed E-state index contributed by atoms with van der Waals surface area (Å²) in [5.74, 6) is 0.887. The molecule has 1 aliphatic rings. The number of rotatable bonds is 8. The molecule has 1 heterocycles. The van der Waals surface area contributed by atoms with Gasteiger partial charge in [-0.25, -0.2) is 0 Å². The summed E-state index contributed by atoms with van der Waals surface area (Å²) in [7, 11) is 2.06. The van der Waals surface area contributed by atoms with Gasteiger partial charge in [0.2, 0.25) is 0 Å². The Kier molecular flexibility index (Phi) is 4.67. The molecule has 3 heteroatoms. The Morgan fingerprint density at radius 2 is 2.11 bits per heavy atom. The summed E-state index contributed by atoms with van der Waals surface area (Å²) in [4.78, 5) is 0. The van der Waals surface area contributed by atoms with Crippen LogP contribution < -0.4 is 5.32 Å². The van der Waals surface area contributed by atoms with Crippen molar-refractivity contribution in [2.24, 2.45) is 11.3 Å². The topological polar surface area (TPSA) is 29.9 Å². The summed E-state index contributed by atoms with van der Waals surface area (Å²) in [5.41, 5.74) is 1.64. The highest BCUT2D eigenvalue weighted by Crippen LogP contribution is 2.46. The number of aromatic nitrogens is 2. The molecule has 0 radical (unpaired) electrons. The molecule has 0 aliphatic heterocycles. The first-order valence-corrected chi connectivity index (χ1v) is 7.81.